The van der Waals surface area contributed by atoms with Crippen molar-refractivity contribution >= 4 is 22.5 Å². The number of carbonyl (C=O) groups excluding carboxylic acids is 1. The van der Waals surface area contributed by atoms with Crippen LogP contribution in [0.15, 0.2) is 24.3 Å². The predicted molar refractivity (Wildman–Crippen MR) is 85.4 cm³/mol. The molecular weight excluding hydrogens is 272 g/mol. The fraction of sp³-hybridized carbons (Fsp3) is 0.533. The van der Waals surface area contributed by atoms with Crippen LogP contribution >= 0.6 is 0 Å². The van der Waals surface area contributed by atoms with Gasteiger partial charge in [-0.1, -0.05) is 19.1 Å². The van der Waals surface area contributed by atoms with Crippen LogP contribution in [0.4, 0.5) is 10.5 Å². The number of anilines is 1. The molecule has 0 bridgehead atoms. The molecule has 20 heavy (non-hydrogen) atoms. The summed E-state index contributed by atoms with van der Waals surface area (Å²) in [7, 11) is -0.942. The van der Waals surface area contributed by atoms with Crippen LogP contribution in [-0.4, -0.2) is 21.5 Å². The Morgan fingerprint density at radius 2 is 2.00 bits per heavy atom. The summed E-state index contributed by atoms with van der Waals surface area (Å²) < 4.78 is 11.9. The van der Waals surface area contributed by atoms with Crippen molar-refractivity contribution < 1.29 is 9.00 Å². The van der Waals surface area contributed by atoms with E-state index in [1.807, 2.05) is 52.0 Å². The lowest BCUT2D eigenvalue weighted by molar-refractivity contribution is 0.252. The highest BCUT2D eigenvalue weighted by molar-refractivity contribution is 7.85. The van der Waals surface area contributed by atoms with Gasteiger partial charge in [0.2, 0.25) is 0 Å². The van der Waals surface area contributed by atoms with Gasteiger partial charge in [-0.05, 0) is 44.9 Å². The number of amides is 2. The van der Waals surface area contributed by atoms with Gasteiger partial charge in [0.05, 0.1) is 0 Å². The van der Waals surface area contributed by atoms with Gasteiger partial charge in [-0.15, -0.1) is 0 Å². The third-order valence-electron chi connectivity index (χ3n) is 2.70. The van der Waals surface area contributed by atoms with E-state index in [1.54, 1.807) is 0 Å². The summed E-state index contributed by atoms with van der Waals surface area (Å²) in [6.45, 7) is 8.54. The molecule has 0 spiro atoms. The van der Waals surface area contributed by atoms with Gasteiger partial charge in [0, 0.05) is 33.5 Å². The number of carbonyl (C=O) groups is 1. The molecule has 5 heteroatoms. The van der Waals surface area contributed by atoms with Gasteiger partial charge in [-0.25, -0.2) is 4.79 Å². The molecule has 4 nitrogen and oxygen atoms in total. The van der Waals surface area contributed by atoms with E-state index < -0.39 is 10.8 Å². The molecule has 112 valence electrons. The summed E-state index contributed by atoms with van der Waals surface area (Å²) in [6, 6.07) is 7.29. The van der Waals surface area contributed by atoms with Crippen molar-refractivity contribution in [3.8, 4) is 0 Å². The SMILES string of the molecule is CCCNC(=O)Nc1cccc(CS(=O)C(C)(C)C)c1. The van der Waals surface area contributed by atoms with Crippen LogP contribution in [0.5, 0.6) is 0 Å². The van der Waals surface area contributed by atoms with Crippen molar-refractivity contribution in [2.45, 2.75) is 44.6 Å². The van der Waals surface area contributed by atoms with Crippen LogP contribution in [0.25, 0.3) is 0 Å². The number of hydrogen-bond acceptors (Lipinski definition) is 2. The second-order valence-corrected chi connectivity index (χ2v) is 7.89. The first kappa shape index (κ1) is 16.7. The number of urea groups is 1. The Morgan fingerprint density at radius 1 is 1.30 bits per heavy atom. The highest BCUT2D eigenvalue weighted by Crippen LogP contribution is 2.18. The Bertz CT molecular complexity index is 481. The average Bonchev–Trinajstić information content (AvgIpc) is 2.35. The van der Waals surface area contributed by atoms with E-state index in [4.69, 9.17) is 0 Å². The Labute approximate surface area is 123 Å². The minimum absolute atomic E-state index is 0.207. The first-order chi connectivity index (χ1) is 9.32. The lowest BCUT2D eigenvalue weighted by Crippen LogP contribution is -2.29. The normalized spacial score (nSPS) is 12.8. The van der Waals surface area contributed by atoms with E-state index >= 15 is 0 Å². The van der Waals surface area contributed by atoms with Gasteiger partial charge in [0.25, 0.3) is 0 Å². The summed E-state index contributed by atoms with van der Waals surface area (Å²) >= 11 is 0. The number of hydrogen-bond donors (Lipinski definition) is 2. The minimum Gasteiger partial charge on any atom is -0.338 e. The molecule has 0 aliphatic heterocycles. The number of nitrogens with one attached hydrogen (secondary N) is 2. The summed E-state index contributed by atoms with van der Waals surface area (Å²) in [5.74, 6) is 0.496. The molecule has 0 radical (unpaired) electrons. The molecule has 1 unspecified atom stereocenters. The Morgan fingerprint density at radius 3 is 2.60 bits per heavy atom. The van der Waals surface area contributed by atoms with Crippen LogP contribution < -0.4 is 10.6 Å². The molecule has 0 heterocycles. The van der Waals surface area contributed by atoms with Crippen molar-refractivity contribution in [1.29, 1.82) is 0 Å². The molecule has 1 aromatic rings. The molecule has 1 atom stereocenters. The van der Waals surface area contributed by atoms with E-state index in [2.05, 4.69) is 10.6 Å². The molecule has 0 aliphatic rings. The number of rotatable bonds is 5. The second kappa shape index (κ2) is 7.43. The van der Waals surface area contributed by atoms with Gasteiger partial charge >= 0.3 is 6.03 Å². The minimum atomic E-state index is -0.942. The maximum absolute atomic E-state index is 12.1. The highest BCUT2D eigenvalue weighted by atomic mass is 32.2. The van der Waals surface area contributed by atoms with Gasteiger partial charge in [-0.2, -0.15) is 0 Å². The van der Waals surface area contributed by atoms with Crippen LogP contribution in [0.1, 0.15) is 39.7 Å². The van der Waals surface area contributed by atoms with E-state index in [9.17, 15) is 9.00 Å². The first-order valence-electron chi connectivity index (χ1n) is 6.85. The highest BCUT2D eigenvalue weighted by Gasteiger charge is 2.19. The number of benzene rings is 1. The summed E-state index contributed by atoms with van der Waals surface area (Å²) in [5, 5.41) is 5.54. The van der Waals surface area contributed by atoms with Gasteiger partial charge in [0.15, 0.2) is 0 Å². The molecule has 1 aromatic carbocycles. The summed E-state index contributed by atoms with van der Waals surface area (Å²) in [5.41, 5.74) is 1.69. The van der Waals surface area contributed by atoms with Crippen LogP contribution in [0.3, 0.4) is 0 Å². The molecular formula is C15H24N2O2S. The van der Waals surface area contributed by atoms with Gasteiger partial charge in [-0.3, -0.25) is 4.21 Å². The first-order valence-corrected chi connectivity index (χ1v) is 8.17. The Balaban J connectivity index is 2.66. The van der Waals surface area contributed by atoms with Crippen molar-refractivity contribution in [2.75, 3.05) is 11.9 Å². The summed E-state index contributed by atoms with van der Waals surface area (Å²) in [6.07, 6.45) is 0.901. The van der Waals surface area contributed by atoms with Crippen LogP contribution in [0, 0.1) is 0 Å². The Kier molecular flexibility index (Phi) is 6.20. The molecule has 2 N–H and O–H groups in total. The zero-order valence-corrected chi connectivity index (χ0v) is 13.5. The van der Waals surface area contributed by atoms with E-state index in [1.165, 1.54) is 0 Å². The molecule has 2 amide bonds. The van der Waals surface area contributed by atoms with Crippen molar-refractivity contribution in [1.82, 2.24) is 5.32 Å². The second-order valence-electron chi connectivity index (χ2n) is 5.68. The van der Waals surface area contributed by atoms with Gasteiger partial charge < -0.3 is 10.6 Å². The van der Waals surface area contributed by atoms with Crippen LogP contribution in [0.2, 0.25) is 0 Å². The predicted octanol–water partition coefficient (Wildman–Crippen LogP) is 3.27. The fourth-order valence-corrected chi connectivity index (χ4v) is 2.44. The van der Waals surface area contributed by atoms with E-state index in [0.29, 0.717) is 12.3 Å². The molecule has 0 aliphatic carbocycles. The van der Waals surface area contributed by atoms with Crippen LogP contribution in [-0.2, 0) is 16.6 Å². The standard InChI is InChI=1S/C15H24N2O2S/c1-5-9-16-14(18)17-13-8-6-7-12(10-13)11-20(19)15(2,3)4/h6-8,10H,5,9,11H2,1-4H3,(H2,16,17,18). The maximum Gasteiger partial charge on any atom is 0.319 e. The van der Waals surface area contributed by atoms with Crippen molar-refractivity contribution in [3.05, 3.63) is 29.8 Å². The smallest absolute Gasteiger partial charge is 0.319 e. The fourth-order valence-electron chi connectivity index (χ4n) is 1.52. The monoisotopic (exact) mass is 296 g/mol. The molecule has 0 fully saturated rings. The summed E-state index contributed by atoms with van der Waals surface area (Å²) in [4.78, 5) is 11.6. The van der Waals surface area contributed by atoms with Crippen molar-refractivity contribution in [2.24, 2.45) is 0 Å². The zero-order valence-electron chi connectivity index (χ0n) is 12.7. The molecule has 0 saturated carbocycles. The lowest BCUT2D eigenvalue weighted by atomic mass is 10.2. The molecule has 1 rings (SSSR count). The van der Waals surface area contributed by atoms with E-state index in [0.717, 1.165) is 17.7 Å². The molecule has 0 aromatic heterocycles. The molecule has 0 saturated heterocycles. The largest absolute Gasteiger partial charge is 0.338 e. The third kappa shape index (κ3) is 5.74. The topological polar surface area (TPSA) is 58.2 Å². The maximum atomic E-state index is 12.1. The average molecular weight is 296 g/mol. The Hall–Kier alpha value is -1.36. The van der Waals surface area contributed by atoms with E-state index in [-0.39, 0.29) is 10.8 Å². The lowest BCUT2D eigenvalue weighted by Gasteiger charge is -2.18. The van der Waals surface area contributed by atoms with Crippen molar-refractivity contribution in [3.63, 3.8) is 0 Å². The zero-order chi connectivity index (χ0) is 15.2. The third-order valence-corrected chi connectivity index (χ3v) is 4.66. The van der Waals surface area contributed by atoms with Gasteiger partial charge in [0.1, 0.15) is 0 Å². The quantitative estimate of drug-likeness (QED) is 0.876.